The van der Waals surface area contributed by atoms with Crippen molar-refractivity contribution in [1.29, 1.82) is 0 Å². The van der Waals surface area contributed by atoms with Gasteiger partial charge in [-0.15, -0.1) is 0 Å². The van der Waals surface area contributed by atoms with Crippen molar-refractivity contribution < 1.29 is 14.8 Å². The van der Waals surface area contributed by atoms with Gasteiger partial charge < -0.3 is 5.11 Å². The Balaban J connectivity index is 2.46. The van der Waals surface area contributed by atoms with Crippen LogP contribution in [0.1, 0.15) is 23.0 Å². The SMILES string of the molecule is CCn1nc(C)c([N+](=O)[O-])c1Sc1cc(C(=O)O)ccn1. The quantitative estimate of drug-likeness (QED) is 0.666. The molecule has 0 amide bonds. The monoisotopic (exact) mass is 308 g/mol. The molecule has 9 heteroatoms. The molecule has 0 fully saturated rings. The summed E-state index contributed by atoms with van der Waals surface area (Å²) in [4.78, 5) is 25.7. The molecule has 0 saturated heterocycles. The average Bonchev–Trinajstić information content (AvgIpc) is 2.75. The van der Waals surface area contributed by atoms with Gasteiger partial charge in [0.05, 0.1) is 10.5 Å². The molecule has 2 aromatic heterocycles. The Bertz CT molecular complexity index is 713. The third-order valence-corrected chi connectivity index (χ3v) is 3.75. The number of hydrogen-bond donors (Lipinski definition) is 1. The molecule has 0 atom stereocenters. The lowest BCUT2D eigenvalue weighted by molar-refractivity contribution is -0.388. The lowest BCUT2D eigenvalue weighted by atomic mass is 10.3. The van der Waals surface area contributed by atoms with Crippen molar-refractivity contribution in [3.8, 4) is 0 Å². The number of aromatic carboxylic acids is 1. The molecule has 0 aliphatic carbocycles. The molecule has 0 aliphatic rings. The van der Waals surface area contributed by atoms with E-state index in [0.29, 0.717) is 22.3 Å². The second-order valence-corrected chi connectivity index (χ2v) is 5.11. The number of carboxylic acid groups (broad SMARTS) is 1. The predicted molar refractivity (Wildman–Crippen MR) is 74.6 cm³/mol. The molecule has 0 radical (unpaired) electrons. The number of hydrogen-bond acceptors (Lipinski definition) is 6. The predicted octanol–water partition coefficient (Wildman–Crippen LogP) is 2.36. The van der Waals surface area contributed by atoms with Gasteiger partial charge in [-0.05, 0) is 37.7 Å². The van der Waals surface area contributed by atoms with Crippen LogP contribution in [-0.2, 0) is 6.54 Å². The van der Waals surface area contributed by atoms with Crippen LogP contribution in [0.2, 0.25) is 0 Å². The highest BCUT2D eigenvalue weighted by atomic mass is 32.2. The summed E-state index contributed by atoms with van der Waals surface area (Å²) in [5.41, 5.74) is 0.317. The number of aryl methyl sites for hydroxylation is 2. The number of carbonyl (C=O) groups is 1. The molecule has 0 bridgehead atoms. The highest BCUT2D eigenvalue weighted by Gasteiger charge is 2.26. The van der Waals surface area contributed by atoms with E-state index >= 15 is 0 Å². The molecular formula is C12H12N4O4S. The number of nitro groups is 1. The van der Waals surface area contributed by atoms with Crippen LogP contribution in [0.5, 0.6) is 0 Å². The Morgan fingerprint density at radius 3 is 2.86 bits per heavy atom. The molecule has 110 valence electrons. The Morgan fingerprint density at radius 1 is 1.57 bits per heavy atom. The lowest BCUT2D eigenvalue weighted by Gasteiger charge is -2.04. The normalized spacial score (nSPS) is 10.6. The number of carboxylic acids is 1. The Hall–Kier alpha value is -2.42. The minimum Gasteiger partial charge on any atom is -0.478 e. The van der Waals surface area contributed by atoms with Gasteiger partial charge >= 0.3 is 11.7 Å². The van der Waals surface area contributed by atoms with Gasteiger partial charge in [0.15, 0.2) is 5.03 Å². The first-order valence-electron chi connectivity index (χ1n) is 6.03. The smallest absolute Gasteiger partial charge is 0.335 e. The molecule has 0 spiro atoms. The molecular weight excluding hydrogens is 296 g/mol. The zero-order chi connectivity index (χ0) is 15.6. The molecule has 0 aliphatic heterocycles. The number of pyridine rings is 1. The number of rotatable bonds is 5. The van der Waals surface area contributed by atoms with Crippen LogP contribution in [0.4, 0.5) is 5.69 Å². The summed E-state index contributed by atoms with van der Waals surface area (Å²) in [7, 11) is 0. The maximum Gasteiger partial charge on any atom is 0.335 e. The van der Waals surface area contributed by atoms with Crippen LogP contribution in [0.25, 0.3) is 0 Å². The largest absolute Gasteiger partial charge is 0.478 e. The first-order valence-corrected chi connectivity index (χ1v) is 6.84. The zero-order valence-electron chi connectivity index (χ0n) is 11.3. The van der Waals surface area contributed by atoms with E-state index in [0.717, 1.165) is 11.8 Å². The summed E-state index contributed by atoms with van der Waals surface area (Å²) < 4.78 is 1.51. The average molecular weight is 308 g/mol. The van der Waals surface area contributed by atoms with Gasteiger partial charge in [-0.1, -0.05) is 0 Å². The van der Waals surface area contributed by atoms with Crippen LogP contribution in [0, 0.1) is 17.0 Å². The first-order chi connectivity index (χ1) is 9.93. The minimum absolute atomic E-state index is 0.0782. The standard InChI is InChI=1S/C12H12N4O4S/c1-3-15-11(10(16(19)20)7(2)14-15)21-9-6-8(12(17)18)4-5-13-9/h4-6H,3H2,1-2H3,(H,17,18). The van der Waals surface area contributed by atoms with Crippen LogP contribution in [0.3, 0.4) is 0 Å². The highest BCUT2D eigenvalue weighted by Crippen LogP contribution is 2.36. The minimum atomic E-state index is -1.08. The molecule has 0 saturated carbocycles. The van der Waals surface area contributed by atoms with Crippen molar-refractivity contribution in [3.63, 3.8) is 0 Å². The molecule has 0 unspecified atom stereocenters. The van der Waals surface area contributed by atoms with Crippen molar-refractivity contribution in [1.82, 2.24) is 14.8 Å². The van der Waals surface area contributed by atoms with Crippen molar-refractivity contribution >= 4 is 23.4 Å². The van der Waals surface area contributed by atoms with Crippen molar-refractivity contribution in [2.45, 2.75) is 30.4 Å². The Kier molecular flexibility index (Phi) is 4.22. The van der Waals surface area contributed by atoms with E-state index in [4.69, 9.17) is 5.11 Å². The molecule has 2 aromatic rings. The van der Waals surface area contributed by atoms with Gasteiger partial charge in [-0.3, -0.25) is 14.8 Å². The van der Waals surface area contributed by atoms with Crippen molar-refractivity contribution in [3.05, 3.63) is 39.7 Å². The summed E-state index contributed by atoms with van der Waals surface area (Å²) in [6, 6.07) is 2.74. The number of nitrogens with zero attached hydrogens (tertiary/aromatic N) is 4. The molecule has 21 heavy (non-hydrogen) atoms. The second-order valence-electron chi connectivity index (χ2n) is 4.10. The van der Waals surface area contributed by atoms with Gasteiger partial charge in [0.1, 0.15) is 10.7 Å². The fraction of sp³-hybridized carbons (Fsp3) is 0.250. The molecule has 2 rings (SSSR count). The van der Waals surface area contributed by atoms with E-state index in [1.54, 1.807) is 6.92 Å². The van der Waals surface area contributed by atoms with Gasteiger partial charge in [0.25, 0.3) is 0 Å². The summed E-state index contributed by atoms with van der Waals surface area (Å²) in [5.74, 6) is -1.08. The Morgan fingerprint density at radius 2 is 2.29 bits per heavy atom. The van der Waals surface area contributed by atoms with Crippen molar-refractivity contribution in [2.75, 3.05) is 0 Å². The zero-order valence-corrected chi connectivity index (χ0v) is 12.1. The molecule has 8 nitrogen and oxygen atoms in total. The number of aromatic nitrogens is 3. The fourth-order valence-corrected chi connectivity index (χ4v) is 2.87. The third kappa shape index (κ3) is 3.02. The van der Waals surface area contributed by atoms with Crippen LogP contribution in [-0.4, -0.2) is 30.8 Å². The van der Waals surface area contributed by atoms with Gasteiger partial charge in [-0.2, -0.15) is 5.10 Å². The van der Waals surface area contributed by atoms with Crippen LogP contribution in [0.15, 0.2) is 28.4 Å². The van der Waals surface area contributed by atoms with Gasteiger partial charge in [0.2, 0.25) is 0 Å². The van der Waals surface area contributed by atoms with Crippen LogP contribution < -0.4 is 0 Å². The van der Waals surface area contributed by atoms with Gasteiger partial charge in [-0.25, -0.2) is 9.78 Å². The maximum absolute atomic E-state index is 11.2. The van der Waals surface area contributed by atoms with E-state index in [1.807, 2.05) is 6.92 Å². The molecule has 0 aromatic carbocycles. The van der Waals surface area contributed by atoms with Gasteiger partial charge in [0, 0.05) is 12.7 Å². The molecule has 1 N–H and O–H groups in total. The summed E-state index contributed by atoms with van der Waals surface area (Å²) in [5, 5.41) is 24.9. The highest BCUT2D eigenvalue weighted by molar-refractivity contribution is 7.99. The van der Waals surface area contributed by atoms with E-state index < -0.39 is 10.9 Å². The van der Waals surface area contributed by atoms with E-state index in [9.17, 15) is 14.9 Å². The topological polar surface area (TPSA) is 111 Å². The van der Waals surface area contributed by atoms with E-state index in [2.05, 4.69) is 10.1 Å². The lowest BCUT2D eigenvalue weighted by Crippen LogP contribution is -2.00. The summed E-state index contributed by atoms with van der Waals surface area (Å²) >= 11 is 1.03. The second kappa shape index (κ2) is 5.92. The van der Waals surface area contributed by atoms with Crippen molar-refractivity contribution in [2.24, 2.45) is 0 Å². The van der Waals surface area contributed by atoms with E-state index in [1.165, 1.54) is 23.0 Å². The summed E-state index contributed by atoms with van der Waals surface area (Å²) in [6.07, 6.45) is 1.36. The third-order valence-electron chi connectivity index (χ3n) is 2.72. The van der Waals surface area contributed by atoms with E-state index in [-0.39, 0.29) is 11.3 Å². The fourth-order valence-electron chi connectivity index (χ4n) is 1.77. The maximum atomic E-state index is 11.2. The Labute approximate surface area is 124 Å². The summed E-state index contributed by atoms with van der Waals surface area (Å²) in [6.45, 7) is 3.85. The van der Waals surface area contributed by atoms with Crippen LogP contribution >= 0.6 is 11.8 Å². The first kappa shape index (κ1) is 15.0. The molecule has 2 heterocycles.